The molecule has 0 heterocycles. The summed E-state index contributed by atoms with van der Waals surface area (Å²) in [6, 6.07) is 0. The predicted molar refractivity (Wildman–Crippen MR) is 60.2 cm³/mol. The average Bonchev–Trinajstić information content (AvgIpc) is 1.89. The van der Waals surface area contributed by atoms with Gasteiger partial charge in [0, 0.05) is 23.0 Å². The van der Waals surface area contributed by atoms with Gasteiger partial charge < -0.3 is 0 Å². The standard InChI is InChI=1S/C4H10S5/c5-1-3-7-9-8-4-2-6/h5-6H,1-4H2. The third-order valence-corrected chi connectivity index (χ3v) is 5.74. The van der Waals surface area contributed by atoms with Crippen LogP contribution in [0.5, 0.6) is 0 Å². The first-order valence-electron chi connectivity index (χ1n) is 2.54. The highest BCUT2D eigenvalue weighted by Gasteiger charge is 1.87. The van der Waals surface area contributed by atoms with Gasteiger partial charge in [-0.2, -0.15) is 25.3 Å². The molecule has 0 nitrogen and oxygen atoms in total. The topological polar surface area (TPSA) is 0 Å². The van der Waals surface area contributed by atoms with Crippen LogP contribution in [0.2, 0.25) is 0 Å². The Hall–Kier alpha value is 1.75. The predicted octanol–water partition coefficient (Wildman–Crippen LogP) is 2.88. The summed E-state index contributed by atoms with van der Waals surface area (Å²) in [7, 11) is 5.56. The van der Waals surface area contributed by atoms with Gasteiger partial charge in [0.1, 0.15) is 0 Å². The van der Waals surface area contributed by atoms with Crippen LogP contribution in [-0.4, -0.2) is 23.0 Å². The Balaban J connectivity index is 2.60. The van der Waals surface area contributed by atoms with Crippen LogP contribution in [0.3, 0.4) is 0 Å². The lowest BCUT2D eigenvalue weighted by Gasteiger charge is -1.94. The zero-order chi connectivity index (χ0) is 6.95. The number of hydrogen-bond donors (Lipinski definition) is 2. The molecular formula is C4H10S5. The molecule has 0 aromatic carbocycles. The van der Waals surface area contributed by atoms with Crippen molar-refractivity contribution in [3.05, 3.63) is 0 Å². The van der Waals surface area contributed by atoms with Gasteiger partial charge in [-0.25, -0.2) is 0 Å². The second-order valence-corrected chi connectivity index (χ2v) is 6.52. The molecule has 56 valence electrons. The van der Waals surface area contributed by atoms with E-state index in [0.29, 0.717) is 0 Å². The molecule has 5 heteroatoms. The molecule has 0 saturated carbocycles. The molecule has 0 aromatic rings. The maximum Gasteiger partial charge on any atom is 0.0134 e. The number of rotatable bonds is 6. The van der Waals surface area contributed by atoms with Gasteiger partial charge in [0.15, 0.2) is 0 Å². The van der Waals surface area contributed by atoms with E-state index in [-0.39, 0.29) is 0 Å². The maximum absolute atomic E-state index is 4.09. The Bertz CT molecular complexity index is 42.2. The first kappa shape index (κ1) is 10.8. The van der Waals surface area contributed by atoms with Crippen molar-refractivity contribution >= 4 is 56.7 Å². The van der Waals surface area contributed by atoms with Gasteiger partial charge >= 0.3 is 0 Å². The summed E-state index contributed by atoms with van der Waals surface area (Å²) in [5.74, 6) is 4.21. The Morgan fingerprint density at radius 3 is 1.67 bits per heavy atom. The van der Waals surface area contributed by atoms with Crippen molar-refractivity contribution < 1.29 is 0 Å². The van der Waals surface area contributed by atoms with Crippen molar-refractivity contribution in [3.8, 4) is 0 Å². The van der Waals surface area contributed by atoms with Crippen LogP contribution in [0.15, 0.2) is 0 Å². The van der Waals surface area contributed by atoms with Crippen LogP contribution in [-0.2, 0) is 0 Å². The lowest BCUT2D eigenvalue weighted by molar-refractivity contribution is 1.58. The normalized spacial score (nSPS) is 10.0. The van der Waals surface area contributed by atoms with E-state index in [1.54, 1.807) is 0 Å². The highest BCUT2D eigenvalue weighted by Crippen LogP contribution is 2.33. The average molecular weight is 218 g/mol. The van der Waals surface area contributed by atoms with E-state index in [4.69, 9.17) is 0 Å². The van der Waals surface area contributed by atoms with Gasteiger partial charge in [-0.15, -0.1) is 0 Å². The summed E-state index contributed by atoms with van der Waals surface area (Å²) in [5, 5.41) is 0. The third kappa shape index (κ3) is 9.75. The van der Waals surface area contributed by atoms with Crippen molar-refractivity contribution in [3.63, 3.8) is 0 Å². The van der Waals surface area contributed by atoms with E-state index in [0.717, 1.165) is 23.0 Å². The smallest absolute Gasteiger partial charge is 0.0134 e. The van der Waals surface area contributed by atoms with Gasteiger partial charge in [0.05, 0.1) is 0 Å². The van der Waals surface area contributed by atoms with Crippen molar-refractivity contribution in [1.29, 1.82) is 0 Å². The van der Waals surface area contributed by atoms with Gasteiger partial charge in [0.2, 0.25) is 0 Å². The molecule has 0 aliphatic carbocycles. The summed E-state index contributed by atoms with van der Waals surface area (Å²) in [6.07, 6.45) is 0. The molecule has 9 heavy (non-hydrogen) atoms. The highest BCUT2D eigenvalue weighted by molar-refractivity contribution is 9.09. The second-order valence-electron chi connectivity index (χ2n) is 1.16. The molecule has 0 radical (unpaired) electrons. The molecule has 0 aliphatic heterocycles. The molecule has 0 rings (SSSR count). The fourth-order valence-electron chi connectivity index (χ4n) is 0.177. The van der Waals surface area contributed by atoms with E-state index in [1.165, 1.54) is 0 Å². The zero-order valence-electron chi connectivity index (χ0n) is 4.95. The Morgan fingerprint density at radius 2 is 1.33 bits per heavy atom. The van der Waals surface area contributed by atoms with Crippen molar-refractivity contribution in [2.24, 2.45) is 0 Å². The van der Waals surface area contributed by atoms with Crippen molar-refractivity contribution in [2.45, 2.75) is 0 Å². The minimum Gasteiger partial charge on any atom is -0.178 e. The first-order chi connectivity index (χ1) is 4.41. The summed E-state index contributed by atoms with van der Waals surface area (Å²) in [6.45, 7) is 0. The van der Waals surface area contributed by atoms with Crippen molar-refractivity contribution in [1.82, 2.24) is 0 Å². The van der Waals surface area contributed by atoms with E-state index >= 15 is 0 Å². The largest absolute Gasteiger partial charge is 0.178 e. The van der Waals surface area contributed by atoms with E-state index in [9.17, 15) is 0 Å². The fraction of sp³-hybridized carbons (Fsp3) is 1.00. The van der Waals surface area contributed by atoms with E-state index < -0.39 is 0 Å². The fourth-order valence-corrected chi connectivity index (χ4v) is 4.77. The van der Waals surface area contributed by atoms with Crippen LogP contribution >= 0.6 is 56.7 Å². The van der Waals surface area contributed by atoms with Gasteiger partial charge in [-0.05, 0) is 9.83 Å². The first-order valence-corrected chi connectivity index (χ1v) is 7.63. The molecule has 0 amide bonds. The maximum atomic E-state index is 4.09. The molecule has 0 atom stereocenters. The minimum absolute atomic E-state index is 0.971. The Kier molecular flexibility index (Phi) is 11.6. The molecule has 0 saturated heterocycles. The summed E-state index contributed by atoms with van der Waals surface area (Å²) in [5.41, 5.74) is 0. The van der Waals surface area contributed by atoms with E-state index in [1.807, 2.05) is 31.4 Å². The molecule has 0 spiro atoms. The van der Waals surface area contributed by atoms with Crippen LogP contribution in [0.1, 0.15) is 0 Å². The second kappa shape index (κ2) is 9.75. The molecule has 0 N–H and O–H groups in total. The molecule has 0 unspecified atom stereocenters. The van der Waals surface area contributed by atoms with Gasteiger partial charge in [-0.1, -0.05) is 21.6 Å². The lowest BCUT2D eigenvalue weighted by atomic mass is 11.0. The van der Waals surface area contributed by atoms with Crippen LogP contribution < -0.4 is 0 Å². The number of hydrogen-bond acceptors (Lipinski definition) is 5. The molecule has 0 aliphatic rings. The molecular weight excluding hydrogens is 208 g/mol. The highest BCUT2D eigenvalue weighted by atomic mass is 33.5. The summed E-state index contributed by atoms with van der Waals surface area (Å²) >= 11 is 8.17. The minimum atomic E-state index is 0.971. The van der Waals surface area contributed by atoms with E-state index in [2.05, 4.69) is 25.3 Å². The van der Waals surface area contributed by atoms with Gasteiger partial charge in [0.25, 0.3) is 0 Å². The molecule has 0 aromatic heterocycles. The summed E-state index contributed by atoms with van der Waals surface area (Å²) in [4.78, 5) is 0. The Morgan fingerprint density at radius 1 is 0.889 bits per heavy atom. The monoisotopic (exact) mass is 218 g/mol. The van der Waals surface area contributed by atoms with Gasteiger partial charge in [-0.3, -0.25) is 0 Å². The van der Waals surface area contributed by atoms with Crippen LogP contribution in [0, 0.1) is 0 Å². The Labute approximate surface area is 79.3 Å². The lowest BCUT2D eigenvalue weighted by Crippen LogP contribution is -1.74. The number of thiol groups is 2. The molecule has 0 fully saturated rings. The van der Waals surface area contributed by atoms with Crippen molar-refractivity contribution in [2.75, 3.05) is 23.0 Å². The third-order valence-electron chi connectivity index (χ3n) is 0.445. The summed E-state index contributed by atoms with van der Waals surface area (Å²) < 4.78 is 0. The van der Waals surface area contributed by atoms with Crippen LogP contribution in [0.25, 0.3) is 0 Å². The quantitative estimate of drug-likeness (QED) is 0.400. The SMILES string of the molecule is SCCSSSCCS. The zero-order valence-corrected chi connectivity index (χ0v) is 9.19. The molecule has 0 bridgehead atoms. The van der Waals surface area contributed by atoms with Crippen LogP contribution in [0.4, 0.5) is 0 Å².